The molecule has 14 heavy (non-hydrogen) atoms. The van der Waals surface area contributed by atoms with E-state index in [1.165, 1.54) is 0 Å². The molecule has 1 unspecified atom stereocenters. The molecule has 0 aliphatic carbocycles. The van der Waals surface area contributed by atoms with Crippen molar-refractivity contribution in [3.63, 3.8) is 0 Å². The molecule has 1 aliphatic rings. The minimum Gasteiger partial charge on any atom is -0.475 e. The maximum Gasteiger partial charge on any atom is 0.212 e. The number of fused-ring (bicyclic) bond motifs is 1. The van der Waals surface area contributed by atoms with E-state index in [4.69, 9.17) is 9.47 Å². The van der Waals surface area contributed by atoms with E-state index in [9.17, 15) is 0 Å². The molecular weight excluding hydrogens is 180 g/mol. The Morgan fingerprint density at radius 1 is 1.64 bits per heavy atom. The molecule has 0 fully saturated rings. The summed E-state index contributed by atoms with van der Waals surface area (Å²) in [6.07, 6.45) is 0.364. The van der Waals surface area contributed by atoms with Gasteiger partial charge in [0.15, 0.2) is 0 Å². The SMILES string of the molecule is Cc1cc2n(n1)CC(OC(C)C)CO2. The van der Waals surface area contributed by atoms with E-state index >= 15 is 0 Å². The fourth-order valence-electron chi connectivity index (χ4n) is 1.66. The first-order chi connectivity index (χ1) is 6.65. The van der Waals surface area contributed by atoms with Crippen LogP contribution in [0.3, 0.4) is 0 Å². The number of hydrogen-bond donors (Lipinski definition) is 0. The quantitative estimate of drug-likeness (QED) is 0.717. The second-order valence-electron chi connectivity index (χ2n) is 3.92. The summed E-state index contributed by atoms with van der Waals surface area (Å²) in [7, 11) is 0. The molecule has 1 aliphatic heterocycles. The lowest BCUT2D eigenvalue weighted by Crippen LogP contribution is -2.34. The van der Waals surface area contributed by atoms with Crippen LogP contribution in [0, 0.1) is 6.92 Å². The van der Waals surface area contributed by atoms with Crippen molar-refractivity contribution in [2.45, 2.75) is 39.5 Å². The van der Waals surface area contributed by atoms with Crippen molar-refractivity contribution in [3.8, 4) is 5.88 Å². The lowest BCUT2D eigenvalue weighted by Gasteiger charge is -2.25. The highest BCUT2D eigenvalue weighted by atomic mass is 16.5. The van der Waals surface area contributed by atoms with Crippen LogP contribution in [0.2, 0.25) is 0 Å². The molecule has 0 radical (unpaired) electrons. The fraction of sp³-hybridized carbons (Fsp3) is 0.700. The van der Waals surface area contributed by atoms with Crippen molar-refractivity contribution in [3.05, 3.63) is 11.8 Å². The summed E-state index contributed by atoms with van der Waals surface area (Å²) in [4.78, 5) is 0. The van der Waals surface area contributed by atoms with Gasteiger partial charge in [-0.15, -0.1) is 0 Å². The smallest absolute Gasteiger partial charge is 0.212 e. The summed E-state index contributed by atoms with van der Waals surface area (Å²) in [6.45, 7) is 7.45. The number of ether oxygens (including phenoxy) is 2. The normalized spacial score (nSPS) is 20.7. The molecule has 0 saturated carbocycles. The number of rotatable bonds is 2. The highest BCUT2D eigenvalue weighted by Gasteiger charge is 2.21. The van der Waals surface area contributed by atoms with Crippen molar-refractivity contribution >= 4 is 0 Å². The Hall–Kier alpha value is -1.03. The first-order valence-electron chi connectivity index (χ1n) is 4.98. The zero-order valence-electron chi connectivity index (χ0n) is 8.86. The fourth-order valence-corrected chi connectivity index (χ4v) is 1.66. The van der Waals surface area contributed by atoms with Crippen LogP contribution in [0.25, 0.3) is 0 Å². The van der Waals surface area contributed by atoms with Gasteiger partial charge < -0.3 is 9.47 Å². The van der Waals surface area contributed by atoms with Gasteiger partial charge in [-0.1, -0.05) is 0 Å². The van der Waals surface area contributed by atoms with Gasteiger partial charge in [0.2, 0.25) is 5.88 Å². The average Bonchev–Trinajstić information content (AvgIpc) is 2.42. The van der Waals surface area contributed by atoms with Gasteiger partial charge in [0.25, 0.3) is 0 Å². The van der Waals surface area contributed by atoms with E-state index in [0.29, 0.717) is 6.61 Å². The Kier molecular flexibility index (Phi) is 2.46. The van der Waals surface area contributed by atoms with Crippen LogP contribution in [-0.2, 0) is 11.3 Å². The molecule has 0 bridgehead atoms. The van der Waals surface area contributed by atoms with Crippen LogP contribution in [0.5, 0.6) is 5.88 Å². The molecule has 0 spiro atoms. The lowest BCUT2D eigenvalue weighted by molar-refractivity contribution is -0.0436. The Morgan fingerprint density at radius 2 is 2.43 bits per heavy atom. The molecule has 4 heteroatoms. The summed E-state index contributed by atoms with van der Waals surface area (Å²) in [5.74, 6) is 0.853. The highest BCUT2D eigenvalue weighted by Crippen LogP contribution is 2.19. The maximum atomic E-state index is 5.67. The summed E-state index contributed by atoms with van der Waals surface area (Å²) in [5.41, 5.74) is 0.991. The third-order valence-electron chi connectivity index (χ3n) is 2.12. The largest absolute Gasteiger partial charge is 0.475 e. The van der Waals surface area contributed by atoms with Crippen LogP contribution in [0.1, 0.15) is 19.5 Å². The number of hydrogen-bond acceptors (Lipinski definition) is 3. The molecular formula is C10H16N2O2. The predicted octanol–water partition coefficient (Wildman–Crippen LogP) is 1.38. The van der Waals surface area contributed by atoms with Crippen molar-refractivity contribution in [2.75, 3.05) is 6.61 Å². The van der Waals surface area contributed by atoms with Crippen LogP contribution in [0.15, 0.2) is 6.07 Å². The second-order valence-corrected chi connectivity index (χ2v) is 3.92. The first kappa shape index (κ1) is 9.52. The molecule has 0 amide bonds. The highest BCUT2D eigenvalue weighted by molar-refractivity contribution is 5.16. The molecule has 0 saturated heterocycles. The summed E-state index contributed by atoms with van der Waals surface area (Å²) in [6, 6.07) is 1.95. The van der Waals surface area contributed by atoms with Gasteiger partial charge >= 0.3 is 0 Å². The molecule has 2 heterocycles. The van der Waals surface area contributed by atoms with Gasteiger partial charge in [-0.25, -0.2) is 4.68 Å². The van der Waals surface area contributed by atoms with Crippen LogP contribution >= 0.6 is 0 Å². The zero-order chi connectivity index (χ0) is 10.1. The van der Waals surface area contributed by atoms with Crippen molar-refractivity contribution < 1.29 is 9.47 Å². The van der Waals surface area contributed by atoms with E-state index in [2.05, 4.69) is 5.10 Å². The minimum absolute atomic E-state index is 0.127. The standard InChI is InChI=1S/C10H16N2O2/c1-7(2)14-9-5-12-10(13-6-9)4-8(3)11-12/h4,7,9H,5-6H2,1-3H3. The Morgan fingerprint density at radius 3 is 3.14 bits per heavy atom. The molecule has 78 valence electrons. The van der Waals surface area contributed by atoms with Gasteiger partial charge in [0.05, 0.1) is 18.3 Å². The first-order valence-corrected chi connectivity index (χ1v) is 4.98. The lowest BCUT2D eigenvalue weighted by atomic mass is 10.3. The van der Waals surface area contributed by atoms with Crippen LogP contribution in [0.4, 0.5) is 0 Å². The third kappa shape index (κ3) is 1.90. The van der Waals surface area contributed by atoms with E-state index in [-0.39, 0.29) is 12.2 Å². The van der Waals surface area contributed by atoms with Crippen molar-refractivity contribution in [1.82, 2.24) is 9.78 Å². The number of aromatic nitrogens is 2. The van der Waals surface area contributed by atoms with E-state index in [0.717, 1.165) is 18.1 Å². The molecule has 2 rings (SSSR count). The van der Waals surface area contributed by atoms with Gasteiger partial charge in [-0.05, 0) is 20.8 Å². The number of nitrogens with zero attached hydrogens (tertiary/aromatic N) is 2. The van der Waals surface area contributed by atoms with Crippen molar-refractivity contribution in [1.29, 1.82) is 0 Å². The van der Waals surface area contributed by atoms with Crippen LogP contribution in [-0.4, -0.2) is 28.6 Å². The Labute approximate surface area is 83.8 Å². The molecule has 1 aromatic heterocycles. The summed E-state index contributed by atoms with van der Waals surface area (Å²) < 4.78 is 13.1. The monoisotopic (exact) mass is 196 g/mol. The maximum absolute atomic E-state index is 5.67. The molecule has 0 N–H and O–H groups in total. The Bertz CT molecular complexity index is 320. The zero-order valence-corrected chi connectivity index (χ0v) is 8.86. The molecule has 1 atom stereocenters. The molecule has 0 aromatic carbocycles. The third-order valence-corrected chi connectivity index (χ3v) is 2.12. The molecule has 4 nitrogen and oxygen atoms in total. The Balaban J connectivity index is 2.05. The van der Waals surface area contributed by atoms with Crippen molar-refractivity contribution in [2.24, 2.45) is 0 Å². The average molecular weight is 196 g/mol. The van der Waals surface area contributed by atoms with Gasteiger partial charge in [-0.2, -0.15) is 5.10 Å². The van der Waals surface area contributed by atoms with E-state index in [1.54, 1.807) is 0 Å². The van der Waals surface area contributed by atoms with Gasteiger partial charge in [-0.3, -0.25) is 0 Å². The number of aryl methyl sites for hydroxylation is 1. The second kappa shape index (κ2) is 3.61. The van der Waals surface area contributed by atoms with Gasteiger partial charge in [0.1, 0.15) is 12.7 Å². The molecule has 1 aromatic rings. The van der Waals surface area contributed by atoms with E-state index in [1.807, 2.05) is 31.5 Å². The summed E-state index contributed by atoms with van der Waals surface area (Å²) in [5, 5.41) is 4.32. The topological polar surface area (TPSA) is 36.3 Å². The minimum atomic E-state index is 0.127. The summed E-state index contributed by atoms with van der Waals surface area (Å²) >= 11 is 0. The predicted molar refractivity (Wildman–Crippen MR) is 52.5 cm³/mol. The van der Waals surface area contributed by atoms with E-state index < -0.39 is 0 Å². The van der Waals surface area contributed by atoms with Crippen LogP contribution < -0.4 is 4.74 Å². The van der Waals surface area contributed by atoms with Gasteiger partial charge in [0, 0.05) is 6.07 Å².